The van der Waals surface area contributed by atoms with Crippen molar-refractivity contribution in [1.82, 2.24) is 0 Å². The molecule has 0 aliphatic carbocycles. The second-order valence-corrected chi connectivity index (χ2v) is 5.20. The number of nitrogens with zero attached hydrogens (tertiary/aromatic N) is 1. The summed E-state index contributed by atoms with van der Waals surface area (Å²) in [6, 6.07) is 14.9. The van der Waals surface area contributed by atoms with E-state index < -0.39 is 0 Å². The fourth-order valence-electron chi connectivity index (χ4n) is 2.12. The van der Waals surface area contributed by atoms with Gasteiger partial charge in [0.2, 0.25) is 11.8 Å². The van der Waals surface area contributed by atoms with Gasteiger partial charge in [-0.1, -0.05) is 18.2 Å². The van der Waals surface area contributed by atoms with Crippen LogP contribution in [-0.4, -0.2) is 18.9 Å². The zero-order chi connectivity index (χ0) is 16.7. The Morgan fingerprint density at radius 2 is 1.65 bits per heavy atom. The number of para-hydroxylation sites is 1. The fraction of sp³-hybridized carbons (Fsp3) is 0.222. The van der Waals surface area contributed by atoms with Crippen molar-refractivity contribution in [2.75, 3.05) is 17.3 Å². The molecule has 0 aliphatic rings. The quantitative estimate of drug-likeness (QED) is 0.885. The van der Waals surface area contributed by atoms with Crippen molar-refractivity contribution in [2.45, 2.75) is 19.3 Å². The van der Waals surface area contributed by atoms with Crippen LogP contribution >= 0.6 is 0 Å². The van der Waals surface area contributed by atoms with E-state index in [1.807, 2.05) is 30.3 Å². The standard InChI is InChI=1S/C18H19FN2O2/c1-21(16-6-3-2-4-7-16)18(23)9-5-8-17(22)20-15-12-10-14(19)11-13-15/h2-4,6-7,10-13H,5,8-9H2,1H3,(H,20,22). The number of rotatable bonds is 6. The van der Waals surface area contributed by atoms with E-state index in [0.717, 1.165) is 5.69 Å². The van der Waals surface area contributed by atoms with Gasteiger partial charge in [0.25, 0.3) is 0 Å². The first-order chi connectivity index (χ1) is 11.1. The molecular formula is C18H19FN2O2. The lowest BCUT2D eigenvalue weighted by Gasteiger charge is -2.17. The van der Waals surface area contributed by atoms with Crippen LogP contribution in [0.15, 0.2) is 54.6 Å². The summed E-state index contributed by atoms with van der Waals surface area (Å²) in [4.78, 5) is 25.4. The summed E-state index contributed by atoms with van der Waals surface area (Å²) in [5.41, 5.74) is 1.37. The van der Waals surface area contributed by atoms with Crippen molar-refractivity contribution in [2.24, 2.45) is 0 Å². The molecule has 0 unspecified atom stereocenters. The lowest BCUT2D eigenvalue weighted by molar-refractivity contribution is -0.118. The summed E-state index contributed by atoms with van der Waals surface area (Å²) < 4.78 is 12.8. The first-order valence-corrected chi connectivity index (χ1v) is 7.43. The Kier molecular flexibility index (Phi) is 5.86. The molecule has 2 amide bonds. The van der Waals surface area contributed by atoms with E-state index in [2.05, 4.69) is 5.32 Å². The Bertz CT molecular complexity index is 656. The Morgan fingerprint density at radius 3 is 2.30 bits per heavy atom. The molecule has 0 spiro atoms. The zero-order valence-electron chi connectivity index (χ0n) is 13.0. The number of hydrogen-bond acceptors (Lipinski definition) is 2. The summed E-state index contributed by atoms with van der Waals surface area (Å²) in [7, 11) is 1.72. The van der Waals surface area contributed by atoms with Crippen LogP contribution in [0.1, 0.15) is 19.3 Å². The highest BCUT2D eigenvalue weighted by atomic mass is 19.1. The molecule has 120 valence electrons. The number of benzene rings is 2. The van der Waals surface area contributed by atoms with Crippen LogP contribution in [0.5, 0.6) is 0 Å². The molecule has 0 fully saturated rings. The maximum Gasteiger partial charge on any atom is 0.226 e. The third-order valence-corrected chi connectivity index (χ3v) is 3.44. The Labute approximate surface area is 134 Å². The average Bonchev–Trinajstić information content (AvgIpc) is 2.57. The van der Waals surface area contributed by atoms with Crippen molar-refractivity contribution < 1.29 is 14.0 Å². The molecule has 0 bridgehead atoms. The minimum Gasteiger partial charge on any atom is -0.326 e. The largest absolute Gasteiger partial charge is 0.326 e. The van der Waals surface area contributed by atoms with Crippen LogP contribution in [-0.2, 0) is 9.59 Å². The van der Waals surface area contributed by atoms with Crippen molar-refractivity contribution in [3.05, 3.63) is 60.4 Å². The van der Waals surface area contributed by atoms with Gasteiger partial charge in [-0.2, -0.15) is 0 Å². The molecule has 5 heteroatoms. The smallest absolute Gasteiger partial charge is 0.226 e. The number of amides is 2. The second kappa shape index (κ2) is 8.08. The monoisotopic (exact) mass is 314 g/mol. The number of nitrogens with one attached hydrogen (secondary N) is 1. The predicted octanol–water partition coefficient (Wildman–Crippen LogP) is 3.60. The first-order valence-electron chi connectivity index (χ1n) is 7.43. The molecule has 1 N–H and O–H groups in total. The van der Waals surface area contributed by atoms with Gasteiger partial charge in [-0.25, -0.2) is 4.39 Å². The second-order valence-electron chi connectivity index (χ2n) is 5.20. The summed E-state index contributed by atoms with van der Waals surface area (Å²) in [5, 5.41) is 2.67. The topological polar surface area (TPSA) is 49.4 Å². The molecule has 4 nitrogen and oxygen atoms in total. The minimum atomic E-state index is -0.349. The number of carbonyl (C=O) groups is 2. The Hall–Kier alpha value is -2.69. The normalized spacial score (nSPS) is 10.2. The molecule has 2 aromatic rings. The predicted molar refractivity (Wildman–Crippen MR) is 88.7 cm³/mol. The zero-order valence-corrected chi connectivity index (χ0v) is 13.0. The molecule has 0 aliphatic heterocycles. The van der Waals surface area contributed by atoms with Crippen LogP contribution in [0.3, 0.4) is 0 Å². The van der Waals surface area contributed by atoms with Crippen LogP contribution in [0.25, 0.3) is 0 Å². The molecule has 0 saturated carbocycles. The average molecular weight is 314 g/mol. The van der Waals surface area contributed by atoms with E-state index in [1.165, 1.54) is 24.3 Å². The van der Waals surface area contributed by atoms with Gasteiger partial charge in [0.05, 0.1) is 0 Å². The SMILES string of the molecule is CN(C(=O)CCCC(=O)Nc1ccc(F)cc1)c1ccccc1. The maximum atomic E-state index is 12.8. The Morgan fingerprint density at radius 1 is 1.00 bits per heavy atom. The van der Waals surface area contributed by atoms with Gasteiger partial charge in [-0.3, -0.25) is 9.59 Å². The van der Waals surface area contributed by atoms with Crippen LogP contribution in [0.2, 0.25) is 0 Å². The van der Waals surface area contributed by atoms with E-state index in [4.69, 9.17) is 0 Å². The molecule has 0 atom stereocenters. The minimum absolute atomic E-state index is 0.0363. The van der Waals surface area contributed by atoms with Crippen molar-refractivity contribution in [3.8, 4) is 0 Å². The highest BCUT2D eigenvalue weighted by Gasteiger charge is 2.11. The van der Waals surface area contributed by atoms with Crippen LogP contribution < -0.4 is 10.2 Å². The van der Waals surface area contributed by atoms with Crippen LogP contribution in [0, 0.1) is 5.82 Å². The lowest BCUT2D eigenvalue weighted by atomic mass is 10.2. The van der Waals surface area contributed by atoms with Crippen molar-refractivity contribution in [1.29, 1.82) is 0 Å². The number of anilines is 2. The Balaban J connectivity index is 1.74. The molecule has 0 saturated heterocycles. The van der Waals surface area contributed by atoms with Crippen molar-refractivity contribution >= 4 is 23.2 Å². The molecule has 23 heavy (non-hydrogen) atoms. The summed E-state index contributed by atoms with van der Waals surface area (Å²) in [5.74, 6) is -0.574. The summed E-state index contributed by atoms with van der Waals surface area (Å²) in [6.07, 6.45) is 0.997. The molecule has 0 aromatic heterocycles. The number of carbonyl (C=O) groups excluding carboxylic acids is 2. The maximum absolute atomic E-state index is 12.8. The summed E-state index contributed by atoms with van der Waals surface area (Å²) in [6.45, 7) is 0. The van der Waals surface area contributed by atoms with Gasteiger partial charge in [0.15, 0.2) is 0 Å². The van der Waals surface area contributed by atoms with Crippen molar-refractivity contribution in [3.63, 3.8) is 0 Å². The summed E-state index contributed by atoms with van der Waals surface area (Å²) >= 11 is 0. The van der Waals surface area contributed by atoms with Gasteiger partial charge < -0.3 is 10.2 Å². The van der Waals surface area contributed by atoms with Gasteiger partial charge in [0.1, 0.15) is 5.82 Å². The van der Waals surface area contributed by atoms with E-state index >= 15 is 0 Å². The lowest BCUT2D eigenvalue weighted by Crippen LogP contribution is -2.26. The molecule has 0 radical (unpaired) electrons. The molecular weight excluding hydrogens is 295 g/mol. The highest BCUT2D eigenvalue weighted by Crippen LogP contribution is 2.14. The van der Waals surface area contributed by atoms with E-state index in [-0.39, 0.29) is 24.1 Å². The van der Waals surface area contributed by atoms with E-state index in [9.17, 15) is 14.0 Å². The third kappa shape index (κ3) is 5.21. The van der Waals surface area contributed by atoms with Gasteiger partial charge in [0, 0.05) is 31.3 Å². The van der Waals surface area contributed by atoms with Gasteiger partial charge >= 0.3 is 0 Å². The highest BCUT2D eigenvalue weighted by molar-refractivity contribution is 5.94. The van der Waals surface area contributed by atoms with E-state index in [1.54, 1.807) is 11.9 Å². The first kappa shape index (κ1) is 16.7. The number of halogens is 1. The molecule has 0 heterocycles. The molecule has 2 aromatic carbocycles. The third-order valence-electron chi connectivity index (χ3n) is 3.44. The van der Waals surface area contributed by atoms with E-state index in [0.29, 0.717) is 18.5 Å². The number of hydrogen-bond donors (Lipinski definition) is 1. The van der Waals surface area contributed by atoms with Gasteiger partial charge in [-0.05, 0) is 42.8 Å². The molecule has 2 rings (SSSR count). The fourth-order valence-corrected chi connectivity index (χ4v) is 2.12. The van der Waals surface area contributed by atoms with Gasteiger partial charge in [-0.15, -0.1) is 0 Å². The van der Waals surface area contributed by atoms with Crippen LogP contribution in [0.4, 0.5) is 15.8 Å².